The number of carbonyl (C=O) groups is 1. The molecule has 0 heterocycles. The lowest BCUT2D eigenvalue weighted by molar-refractivity contribution is -0.114. The van der Waals surface area contributed by atoms with Crippen LogP contribution in [0.15, 0.2) is 36.4 Å². The molecule has 0 saturated heterocycles. The number of ether oxygens (including phenoxy) is 1. The fraction of sp³-hybridized carbons (Fsp3) is 0.278. The van der Waals surface area contributed by atoms with E-state index in [9.17, 15) is 4.79 Å². The fourth-order valence-electron chi connectivity index (χ4n) is 3.62. The molecular formula is C18H16O2. The lowest BCUT2D eigenvalue weighted by Crippen LogP contribution is -2.11. The van der Waals surface area contributed by atoms with Crippen molar-refractivity contribution in [1.82, 2.24) is 0 Å². The molecule has 0 aromatic heterocycles. The van der Waals surface area contributed by atoms with Crippen molar-refractivity contribution in [3.63, 3.8) is 0 Å². The van der Waals surface area contributed by atoms with Gasteiger partial charge in [0.1, 0.15) is 5.75 Å². The van der Waals surface area contributed by atoms with Gasteiger partial charge < -0.3 is 4.74 Å². The molecule has 0 bridgehead atoms. The lowest BCUT2D eigenvalue weighted by atomic mass is 9.79. The topological polar surface area (TPSA) is 26.3 Å². The minimum Gasteiger partial charge on any atom is -0.497 e. The monoisotopic (exact) mass is 264 g/mol. The summed E-state index contributed by atoms with van der Waals surface area (Å²) in [6.07, 6.45) is 4.72. The first-order valence-corrected chi connectivity index (χ1v) is 7.10. The molecule has 2 nitrogen and oxygen atoms in total. The third-order valence-electron chi connectivity index (χ3n) is 4.60. The molecule has 0 fully saturated rings. The minimum absolute atomic E-state index is 0.285. The molecule has 0 amide bonds. The van der Waals surface area contributed by atoms with Gasteiger partial charge in [0.2, 0.25) is 0 Å². The highest BCUT2D eigenvalue weighted by Crippen LogP contribution is 2.43. The molecule has 2 aliphatic carbocycles. The molecule has 1 atom stereocenters. The molecular weight excluding hydrogens is 248 g/mol. The Morgan fingerprint density at radius 2 is 2.10 bits per heavy atom. The van der Waals surface area contributed by atoms with Crippen LogP contribution in [0.5, 0.6) is 5.75 Å². The van der Waals surface area contributed by atoms with Crippen LogP contribution < -0.4 is 4.74 Å². The highest BCUT2D eigenvalue weighted by molar-refractivity contribution is 6.05. The summed E-state index contributed by atoms with van der Waals surface area (Å²) in [4.78, 5) is 11.7. The quantitative estimate of drug-likeness (QED) is 0.783. The van der Waals surface area contributed by atoms with Crippen LogP contribution in [0.2, 0.25) is 0 Å². The van der Waals surface area contributed by atoms with Crippen molar-refractivity contribution in [1.29, 1.82) is 0 Å². The number of allylic oxidation sites excluding steroid dienone is 2. The second-order valence-corrected chi connectivity index (χ2v) is 5.68. The molecule has 2 heteroatoms. The maximum Gasteiger partial charge on any atom is 0.156 e. The minimum atomic E-state index is 0.285. The lowest BCUT2D eigenvalue weighted by Gasteiger charge is -2.25. The second-order valence-electron chi connectivity index (χ2n) is 5.68. The number of ketones is 1. The Labute approximate surface area is 118 Å². The normalized spacial score (nSPS) is 20.6. The summed E-state index contributed by atoms with van der Waals surface area (Å²) in [5, 5.41) is 2.51. The van der Waals surface area contributed by atoms with E-state index < -0.39 is 0 Å². The van der Waals surface area contributed by atoms with Gasteiger partial charge in [0.15, 0.2) is 5.78 Å². The molecule has 4 rings (SSSR count). The van der Waals surface area contributed by atoms with E-state index in [2.05, 4.69) is 24.3 Å². The van der Waals surface area contributed by atoms with Gasteiger partial charge in [-0.25, -0.2) is 0 Å². The highest BCUT2D eigenvalue weighted by Gasteiger charge is 2.31. The molecule has 1 unspecified atom stereocenters. The van der Waals surface area contributed by atoms with Crippen molar-refractivity contribution < 1.29 is 9.53 Å². The maximum absolute atomic E-state index is 11.7. The third kappa shape index (κ3) is 1.61. The Balaban J connectivity index is 1.94. The van der Waals surface area contributed by atoms with Crippen LogP contribution >= 0.6 is 0 Å². The van der Waals surface area contributed by atoms with Crippen LogP contribution in [0, 0.1) is 5.92 Å². The number of benzene rings is 2. The zero-order valence-corrected chi connectivity index (χ0v) is 11.5. The van der Waals surface area contributed by atoms with Gasteiger partial charge in [0.25, 0.3) is 0 Å². The summed E-state index contributed by atoms with van der Waals surface area (Å²) in [5.41, 5.74) is 3.93. The van der Waals surface area contributed by atoms with E-state index in [0.717, 1.165) is 18.6 Å². The zero-order valence-electron chi connectivity index (χ0n) is 11.5. The van der Waals surface area contributed by atoms with Crippen molar-refractivity contribution in [2.75, 3.05) is 7.11 Å². The number of hydrogen-bond donors (Lipinski definition) is 0. The first-order valence-electron chi connectivity index (χ1n) is 7.10. The van der Waals surface area contributed by atoms with Crippen LogP contribution in [0.1, 0.15) is 24.0 Å². The van der Waals surface area contributed by atoms with Crippen LogP contribution in [0.3, 0.4) is 0 Å². The Bertz CT molecular complexity index is 755. The van der Waals surface area contributed by atoms with E-state index in [1.165, 1.54) is 27.5 Å². The van der Waals surface area contributed by atoms with E-state index >= 15 is 0 Å². The molecule has 2 aromatic carbocycles. The van der Waals surface area contributed by atoms with Gasteiger partial charge in [0.05, 0.1) is 7.11 Å². The van der Waals surface area contributed by atoms with Gasteiger partial charge in [-0.1, -0.05) is 18.2 Å². The van der Waals surface area contributed by atoms with Gasteiger partial charge >= 0.3 is 0 Å². The van der Waals surface area contributed by atoms with Crippen LogP contribution in [-0.2, 0) is 11.2 Å². The van der Waals surface area contributed by atoms with Gasteiger partial charge in [-0.3, -0.25) is 4.79 Å². The predicted molar refractivity (Wildman–Crippen MR) is 79.9 cm³/mol. The van der Waals surface area contributed by atoms with E-state index in [-0.39, 0.29) is 5.78 Å². The van der Waals surface area contributed by atoms with E-state index in [1.807, 2.05) is 12.1 Å². The highest BCUT2D eigenvalue weighted by atomic mass is 16.5. The number of methoxy groups -OCH3 is 1. The average Bonchev–Trinajstić information content (AvgIpc) is 2.86. The maximum atomic E-state index is 11.7. The number of hydrogen-bond acceptors (Lipinski definition) is 2. The largest absolute Gasteiger partial charge is 0.497 e. The Morgan fingerprint density at radius 1 is 1.20 bits per heavy atom. The molecule has 0 radical (unpaired) electrons. The third-order valence-corrected chi connectivity index (χ3v) is 4.60. The van der Waals surface area contributed by atoms with Crippen LogP contribution in [0.4, 0.5) is 0 Å². The molecule has 0 saturated carbocycles. The standard InChI is InChI=1S/C18H16O2/c1-20-14-4-7-15-12(9-14)3-6-17-16(15)5-2-11-8-13(19)10-18(11)17/h3-4,6-7,9-11H,2,5,8H2,1H3. The smallest absolute Gasteiger partial charge is 0.156 e. The molecule has 2 aromatic rings. The van der Waals surface area contributed by atoms with Gasteiger partial charge in [-0.2, -0.15) is 0 Å². The summed E-state index contributed by atoms with van der Waals surface area (Å²) in [6.45, 7) is 0. The predicted octanol–water partition coefficient (Wildman–Crippen LogP) is 3.77. The van der Waals surface area contributed by atoms with Gasteiger partial charge in [-0.15, -0.1) is 0 Å². The SMILES string of the molecule is COc1ccc2c3c(ccc2c1)C1=CC(=O)CC1CC3. The molecule has 2 aliphatic rings. The molecule has 0 N–H and O–H groups in total. The van der Waals surface area contributed by atoms with Gasteiger partial charge in [0, 0.05) is 6.42 Å². The molecule has 100 valence electrons. The summed E-state index contributed by atoms with van der Waals surface area (Å²) in [7, 11) is 1.69. The number of aryl methyl sites for hydroxylation is 1. The van der Waals surface area contributed by atoms with E-state index in [1.54, 1.807) is 7.11 Å². The molecule has 0 aliphatic heterocycles. The van der Waals surface area contributed by atoms with Crippen molar-refractivity contribution in [3.8, 4) is 5.75 Å². The van der Waals surface area contributed by atoms with E-state index in [4.69, 9.17) is 4.74 Å². The van der Waals surface area contributed by atoms with Crippen molar-refractivity contribution >= 4 is 22.1 Å². The first-order chi connectivity index (χ1) is 9.76. The van der Waals surface area contributed by atoms with Crippen LogP contribution in [0.25, 0.3) is 16.3 Å². The number of rotatable bonds is 1. The molecule has 20 heavy (non-hydrogen) atoms. The van der Waals surface area contributed by atoms with Crippen molar-refractivity contribution in [3.05, 3.63) is 47.5 Å². The summed E-state index contributed by atoms with van der Waals surface area (Å²) >= 11 is 0. The summed E-state index contributed by atoms with van der Waals surface area (Å²) in [6, 6.07) is 10.6. The fourth-order valence-corrected chi connectivity index (χ4v) is 3.62. The molecule has 0 spiro atoms. The van der Waals surface area contributed by atoms with Crippen LogP contribution in [-0.4, -0.2) is 12.9 Å². The summed E-state index contributed by atoms with van der Waals surface area (Å²) in [5.74, 6) is 1.62. The first kappa shape index (κ1) is 11.7. The second kappa shape index (κ2) is 4.20. The van der Waals surface area contributed by atoms with Crippen molar-refractivity contribution in [2.24, 2.45) is 5.92 Å². The zero-order chi connectivity index (χ0) is 13.7. The Hall–Kier alpha value is -2.09. The summed E-state index contributed by atoms with van der Waals surface area (Å²) < 4.78 is 5.29. The number of carbonyl (C=O) groups excluding carboxylic acids is 1. The van der Waals surface area contributed by atoms with Gasteiger partial charge in [-0.05, 0) is 64.4 Å². The Morgan fingerprint density at radius 3 is 2.95 bits per heavy atom. The average molecular weight is 264 g/mol. The number of fused-ring (bicyclic) bond motifs is 5. The van der Waals surface area contributed by atoms with E-state index in [0.29, 0.717) is 12.3 Å². The Kier molecular flexibility index (Phi) is 2.46. The van der Waals surface area contributed by atoms with Crippen molar-refractivity contribution in [2.45, 2.75) is 19.3 Å².